The van der Waals surface area contributed by atoms with Gasteiger partial charge >= 0.3 is 6.09 Å². The third kappa shape index (κ3) is 7.45. The normalized spacial score (nSPS) is 25.9. The van der Waals surface area contributed by atoms with Crippen molar-refractivity contribution in [2.45, 2.75) is 83.3 Å². The van der Waals surface area contributed by atoms with Crippen LogP contribution in [0.5, 0.6) is 0 Å². The minimum atomic E-state index is -0.454. The van der Waals surface area contributed by atoms with E-state index < -0.39 is 5.60 Å². The van der Waals surface area contributed by atoms with E-state index in [1.807, 2.05) is 32.9 Å². The number of anilines is 1. The van der Waals surface area contributed by atoms with E-state index in [1.165, 1.54) is 24.9 Å². The van der Waals surface area contributed by atoms with Crippen molar-refractivity contribution in [2.24, 2.45) is 5.92 Å². The summed E-state index contributed by atoms with van der Waals surface area (Å²) in [6.07, 6.45) is 6.32. The van der Waals surface area contributed by atoms with Crippen molar-refractivity contribution in [3.63, 3.8) is 0 Å². The van der Waals surface area contributed by atoms with Crippen molar-refractivity contribution >= 4 is 23.6 Å². The average Bonchev–Trinajstić information content (AvgIpc) is 2.83. The zero-order chi connectivity index (χ0) is 25.7. The van der Waals surface area contributed by atoms with Gasteiger partial charge < -0.3 is 15.0 Å². The fourth-order valence-corrected chi connectivity index (χ4v) is 5.59. The van der Waals surface area contributed by atoms with E-state index >= 15 is 0 Å². The van der Waals surface area contributed by atoms with Gasteiger partial charge in [-0.15, -0.1) is 0 Å². The lowest BCUT2D eigenvalue weighted by molar-refractivity contribution is -0.134. The Bertz CT molecular complexity index is 910. The second-order valence-corrected chi connectivity index (χ2v) is 11.6. The highest BCUT2D eigenvalue weighted by Crippen LogP contribution is 2.29. The SMILES string of the molecule is CC(C)(C)OC(=O)N[C@H]1CC[C@H](CCN2CCN(c3ccc(C4CCC(=O)NC4=O)cc3)CC2)CC1. The molecule has 2 aliphatic heterocycles. The molecule has 198 valence electrons. The largest absolute Gasteiger partial charge is 0.444 e. The Morgan fingerprint density at radius 1 is 1.00 bits per heavy atom. The number of piperazine rings is 1. The molecule has 2 N–H and O–H groups in total. The molecular weight excluding hydrogens is 456 g/mol. The summed E-state index contributed by atoms with van der Waals surface area (Å²) in [7, 11) is 0. The van der Waals surface area contributed by atoms with Crippen molar-refractivity contribution in [3.8, 4) is 0 Å². The van der Waals surface area contributed by atoms with Crippen LogP contribution in [0.4, 0.5) is 10.5 Å². The van der Waals surface area contributed by atoms with Crippen molar-refractivity contribution in [2.75, 3.05) is 37.6 Å². The predicted octanol–water partition coefficient (Wildman–Crippen LogP) is 3.80. The Morgan fingerprint density at radius 2 is 1.67 bits per heavy atom. The van der Waals surface area contributed by atoms with Crippen LogP contribution in [-0.4, -0.2) is 67.2 Å². The predicted molar refractivity (Wildman–Crippen MR) is 140 cm³/mol. The van der Waals surface area contributed by atoms with Gasteiger partial charge in [-0.1, -0.05) is 12.1 Å². The van der Waals surface area contributed by atoms with Gasteiger partial charge in [0.05, 0.1) is 5.92 Å². The van der Waals surface area contributed by atoms with Gasteiger partial charge in [0.25, 0.3) is 0 Å². The smallest absolute Gasteiger partial charge is 0.407 e. The zero-order valence-electron chi connectivity index (χ0n) is 22.1. The van der Waals surface area contributed by atoms with E-state index in [1.54, 1.807) is 0 Å². The maximum Gasteiger partial charge on any atom is 0.407 e. The molecule has 1 unspecified atom stereocenters. The maximum atomic E-state index is 12.1. The molecule has 0 spiro atoms. The molecule has 2 heterocycles. The Kier molecular flexibility index (Phi) is 8.54. The highest BCUT2D eigenvalue weighted by Gasteiger charge is 2.28. The van der Waals surface area contributed by atoms with Crippen molar-refractivity contribution in [3.05, 3.63) is 29.8 Å². The van der Waals surface area contributed by atoms with Crippen molar-refractivity contribution < 1.29 is 19.1 Å². The Balaban J connectivity index is 1.14. The van der Waals surface area contributed by atoms with E-state index in [2.05, 4.69) is 32.6 Å². The molecule has 1 aliphatic carbocycles. The first-order chi connectivity index (χ1) is 17.2. The van der Waals surface area contributed by atoms with Gasteiger partial charge in [0.1, 0.15) is 5.60 Å². The molecular formula is C28H42N4O4. The summed E-state index contributed by atoms with van der Waals surface area (Å²) in [6, 6.07) is 8.53. The molecule has 8 heteroatoms. The number of hydrogen-bond donors (Lipinski definition) is 2. The van der Waals surface area contributed by atoms with E-state index in [-0.39, 0.29) is 29.9 Å². The third-order valence-corrected chi connectivity index (χ3v) is 7.69. The van der Waals surface area contributed by atoms with Crippen LogP contribution >= 0.6 is 0 Å². The van der Waals surface area contributed by atoms with E-state index in [0.717, 1.165) is 57.0 Å². The highest BCUT2D eigenvalue weighted by molar-refractivity contribution is 6.00. The standard InChI is InChI=1S/C28H42N4O4/c1-28(2,3)36-27(35)29-22-8-4-20(5-9-22)14-15-31-16-18-32(19-17-31)23-10-6-21(7-11-23)24-12-13-25(33)30-26(24)34/h6-7,10-11,20,22,24H,4-5,8-9,12-19H2,1-3H3,(H,29,35)(H,30,33,34)/t20-,22-,24?. The summed E-state index contributed by atoms with van der Waals surface area (Å²) >= 11 is 0. The minimum absolute atomic E-state index is 0.173. The molecule has 1 saturated carbocycles. The number of imide groups is 1. The number of carbonyl (C=O) groups excluding carboxylic acids is 3. The van der Waals surface area contributed by atoms with Gasteiger partial charge in [0, 0.05) is 44.3 Å². The number of alkyl carbamates (subject to hydrolysis) is 1. The third-order valence-electron chi connectivity index (χ3n) is 7.69. The topological polar surface area (TPSA) is 91.0 Å². The van der Waals surface area contributed by atoms with Gasteiger partial charge in [-0.25, -0.2) is 4.79 Å². The van der Waals surface area contributed by atoms with Gasteiger partial charge in [0.15, 0.2) is 0 Å². The summed E-state index contributed by atoms with van der Waals surface area (Å²) < 4.78 is 5.39. The molecule has 0 aromatic heterocycles. The molecule has 36 heavy (non-hydrogen) atoms. The molecule has 0 bridgehead atoms. The molecule has 0 radical (unpaired) electrons. The molecule has 3 fully saturated rings. The van der Waals surface area contributed by atoms with Crippen LogP contribution in [0.1, 0.15) is 77.2 Å². The van der Waals surface area contributed by atoms with Crippen molar-refractivity contribution in [1.29, 1.82) is 0 Å². The van der Waals surface area contributed by atoms with Crippen LogP contribution in [0, 0.1) is 5.92 Å². The second kappa shape index (κ2) is 11.6. The minimum Gasteiger partial charge on any atom is -0.444 e. The van der Waals surface area contributed by atoms with Crippen LogP contribution in [0.15, 0.2) is 24.3 Å². The lowest BCUT2D eigenvalue weighted by Crippen LogP contribution is -2.47. The van der Waals surface area contributed by atoms with Gasteiger partial charge in [0.2, 0.25) is 11.8 Å². The van der Waals surface area contributed by atoms with E-state index in [9.17, 15) is 14.4 Å². The number of ether oxygens (including phenoxy) is 1. The maximum absolute atomic E-state index is 12.1. The molecule has 1 aromatic rings. The molecule has 2 saturated heterocycles. The number of benzene rings is 1. The Hall–Kier alpha value is -2.61. The number of nitrogens with zero attached hydrogens (tertiary/aromatic N) is 2. The molecule has 3 amide bonds. The lowest BCUT2D eigenvalue weighted by atomic mass is 9.84. The van der Waals surface area contributed by atoms with Crippen LogP contribution in [0.3, 0.4) is 0 Å². The highest BCUT2D eigenvalue weighted by atomic mass is 16.6. The molecule has 1 atom stereocenters. The lowest BCUT2D eigenvalue weighted by Gasteiger charge is -2.37. The van der Waals surface area contributed by atoms with Crippen LogP contribution in [0.2, 0.25) is 0 Å². The number of hydrogen-bond acceptors (Lipinski definition) is 6. The number of amides is 3. The zero-order valence-corrected chi connectivity index (χ0v) is 22.1. The van der Waals surface area contributed by atoms with Crippen molar-refractivity contribution in [1.82, 2.24) is 15.5 Å². The number of piperidine rings is 1. The molecule has 1 aromatic carbocycles. The summed E-state index contributed by atoms with van der Waals surface area (Å²) in [5.74, 6) is 0.158. The molecule has 8 nitrogen and oxygen atoms in total. The van der Waals surface area contributed by atoms with E-state index in [0.29, 0.717) is 12.8 Å². The van der Waals surface area contributed by atoms with Gasteiger partial charge in [-0.05, 0) is 89.5 Å². The quantitative estimate of drug-likeness (QED) is 0.580. The molecule has 3 aliphatic rings. The fourth-order valence-electron chi connectivity index (χ4n) is 5.59. The van der Waals surface area contributed by atoms with Crippen LogP contribution in [0.25, 0.3) is 0 Å². The second-order valence-electron chi connectivity index (χ2n) is 11.6. The number of rotatable bonds is 6. The fraction of sp³-hybridized carbons (Fsp3) is 0.679. The Labute approximate surface area is 215 Å². The Morgan fingerprint density at radius 3 is 2.28 bits per heavy atom. The van der Waals surface area contributed by atoms with Crippen LogP contribution in [-0.2, 0) is 14.3 Å². The number of carbonyl (C=O) groups is 3. The summed E-state index contributed by atoms with van der Waals surface area (Å²) in [4.78, 5) is 40.5. The van der Waals surface area contributed by atoms with Crippen LogP contribution < -0.4 is 15.5 Å². The first-order valence-corrected chi connectivity index (χ1v) is 13.6. The number of nitrogens with one attached hydrogen (secondary N) is 2. The summed E-state index contributed by atoms with van der Waals surface area (Å²) in [6.45, 7) is 10.9. The first kappa shape index (κ1) is 26.5. The van der Waals surface area contributed by atoms with E-state index in [4.69, 9.17) is 4.74 Å². The van der Waals surface area contributed by atoms with Gasteiger partial charge in [-0.2, -0.15) is 0 Å². The monoisotopic (exact) mass is 498 g/mol. The first-order valence-electron chi connectivity index (χ1n) is 13.6. The summed E-state index contributed by atoms with van der Waals surface area (Å²) in [5.41, 5.74) is 1.73. The molecule has 4 rings (SSSR count). The average molecular weight is 499 g/mol. The summed E-state index contributed by atoms with van der Waals surface area (Å²) in [5, 5.41) is 5.48. The van der Waals surface area contributed by atoms with Gasteiger partial charge in [-0.3, -0.25) is 19.8 Å².